The number of rotatable bonds is 12. The molecule has 2 aromatic rings. The highest BCUT2D eigenvalue weighted by Gasteiger charge is 2.25. The Bertz CT molecular complexity index is 1100. The van der Waals surface area contributed by atoms with Gasteiger partial charge in [-0.1, -0.05) is 49.6 Å². The molecule has 6 nitrogen and oxygen atoms in total. The molecular formula is C32H44N2O4S. The molecule has 0 spiro atoms. The lowest BCUT2D eigenvalue weighted by molar-refractivity contribution is -0.139. The fourth-order valence-corrected chi connectivity index (χ4v) is 6.36. The maximum Gasteiger partial charge on any atom is 0.326 e. The zero-order chi connectivity index (χ0) is 27.6. The molecule has 1 aliphatic heterocycles. The van der Waals surface area contributed by atoms with Crippen LogP contribution in [0.2, 0.25) is 0 Å². The molecule has 2 unspecified atom stereocenters. The highest BCUT2D eigenvalue weighted by Crippen LogP contribution is 2.30. The molecule has 1 amide bonds. The van der Waals surface area contributed by atoms with Gasteiger partial charge in [0, 0.05) is 25.3 Å². The van der Waals surface area contributed by atoms with Gasteiger partial charge in [0.25, 0.3) is 5.91 Å². The molecule has 1 heterocycles. The molecule has 0 radical (unpaired) electrons. The first kappa shape index (κ1) is 29.6. The molecule has 0 bridgehead atoms. The summed E-state index contributed by atoms with van der Waals surface area (Å²) in [6.45, 7) is 5.72. The van der Waals surface area contributed by atoms with Crippen LogP contribution in [0.15, 0.2) is 42.5 Å². The first-order valence-electron chi connectivity index (χ1n) is 14.5. The topological polar surface area (TPSA) is 78.9 Å². The molecular weight excluding hydrogens is 508 g/mol. The van der Waals surface area contributed by atoms with E-state index in [0.29, 0.717) is 17.7 Å². The third kappa shape index (κ3) is 8.57. The van der Waals surface area contributed by atoms with E-state index in [2.05, 4.69) is 16.3 Å². The Kier molecular flexibility index (Phi) is 11.3. The van der Waals surface area contributed by atoms with Crippen LogP contribution >= 0.6 is 11.8 Å². The molecule has 2 N–H and O–H groups in total. The number of ether oxygens (including phenoxy) is 1. The van der Waals surface area contributed by atoms with E-state index >= 15 is 0 Å². The number of hydrogen-bond donors (Lipinski definition) is 2. The van der Waals surface area contributed by atoms with Crippen LogP contribution in [-0.2, 0) is 16.1 Å². The Hall–Kier alpha value is -2.35. The van der Waals surface area contributed by atoms with Gasteiger partial charge in [-0.05, 0) is 97.9 Å². The van der Waals surface area contributed by atoms with Crippen LogP contribution in [0.4, 0.5) is 0 Å². The van der Waals surface area contributed by atoms with Gasteiger partial charge in [-0.15, -0.1) is 0 Å². The molecule has 2 aromatic carbocycles. The second-order valence-corrected chi connectivity index (χ2v) is 12.2. The predicted octanol–water partition coefficient (Wildman–Crippen LogP) is 6.16. The number of nitrogens with one attached hydrogen (secondary N) is 1. The van der Waals surface area contributed by atoms with Gasteiger partial charge in [-0.2, -0.15) is 11.8 Å². The average Bonchev–Trinajstić information content (AvgIpc) is 2.95. The van der Waals surface area contributed by atoms with Crippen LogP contribution in [0.5, 0.6) is 0 Å². The molecule has 7 heteroatoms. The van der Waals surface area contributed by atoms with E-state index in [0.717, 1.165) is 67.3 Å². The fourth-order valence-electron chi connectivity index (χ4n) is 5.89. The molecule has 0 aromatic heterocycles. The second-order valence-electron chi connectivity index (χ2n) is 11.2. The number of thioether (sulfide) groups is 1. The van der Waals surface area contributed by atoms with Crippen LogP contribution < -0.4 is 5.32 Å². The second kappa shape index (κ2) is 14.9. The van der Waals surface area contributed by atoms with Crippen molar-refractivity contribution in [2.75, 3.05) is 31.7 Å². The lowest BCUT2D eigenvalue weighted by atomic mass is 9.90. The van der Waals surface area contributed by atoms with Crippen molar-refractivity contribution in [3.8, 4) is 11.1 Å². The van der Waals surface area contributed by atoms with E-state index in [1.54, 1.807) is 11.8 Å². The van der Waals surface area contributed by atoms with Crippen molar-refractivity contribution in [1.82, 2.24) is 10.2 Å². The zero-order valence-corrected chi connectivity index (χ0v) is 24.3. The Morgan fingerprint density at radius 1 is 1.08 bits per heavy atom. The van der Waals surface area contributed by atoms with E-state index in [9.17, 15) is 14.7 Å². The minimum absolute atomic E-state index is 0.288. The Morgan fingerprint density at radius 2 is 1.87 bits per heavy atom. The van der Waals surface area contributed by atoms with Crippen LogP contribution in [0.1, 0.15) is 72.9 Å². The summed E-state index contributed by atoms with van der Waals surface area (Å²) in [5, 5.41) is 12.4. The highest BCUT2D eigenvalue weighted by atomic mass is 32.2. The number of carbonyl (C=O) groups excluding carboxylic acids is 1. The number of carbonyl (C=O) groups is 2. The van der Waals surface area contributed by atoms with E-state index in [4.69, 9.17) is 4.74 Å². The zero-order valence-electron chi connectivity index (χ0n) is 23.5. The van der Waals surface area contributed by atoms with E-state index in [1.807, 2.05) is 49.6 Å². The van der Waals surface area contributed by atoms with Crippen LogP contribution in [0.25, 0.3) is 11.1 Å². The van der Waals surface area contributed by atoms with Gasteiger partial charge in [0.2, 0.25) is 0 Å². The maximum absolute atomic E-state index is 13.4. The van der Waals surface area contributed by atoms with Gasteiger partial charge in [-0.25, -0.2) is 4.79 Å². The number of aliphatic carboxylic acids is 1. The summed E-state index contributed by atoms with van der Waals surface area (Å²) in [6, 6.07) is 13.1. The molecule has 2 aliphatic rings. The van der Waals surface area contributed by atoms with Crippen molar-refractivity contribution >= 4 is 23.6 Å². The summed E-state index contributed by atoms with van der Waals surface area (Å²) < 4.78 is 6.39. The average molecular weight is 553 g/mol. The molecule has 39 heavy (non-hydrogen) atoms. The molecule has 2 atom stereocenters. The van der Waals surface area contributed by atoms with E-state index in [-0.39, 0.29) is 12.0 Å². The summed E-state index contributed by atoms with van der Waals surface area (Å²) in [4.78, 5) is 27.6. The van der Waals surface area contributed by atoms with Gasteiger partial charge in [0.15, 0.2) is 0 Å². The fraction of sp³-hybridized carbons (Fsp3) is 0.562. The lowest BCUT2D eigenvalue weighted by Crippen LogP contribution is -2.41. The molecule has 2 fully saturated rings. The molecule has 4 rings (SSSR count). The van der Waals surface area contributed by atoms with Gasteiger partial charge in [0.1, 0.15) is 6.04 Å². The highest BCUT2D eigenvalue weighted by molar-refractivity contribution is 7.98. The summed E-state index contributed by atoms with van der Waals surface area (Å²) in [5.74, 6) is 0.0485. The van der Waals surface area contributed by atoms with Crippen LogP contribution in [-0.4, -0.2) is 65.7 Å². The number of carboxylic acid groups (broad SMARTS) is 1. The third-order valence-electron chi connectivity index (χ3n) is 8.14. The quantitative estimate of drug-likeness (QED) is 0.328. The van der Waals surface area contributed by atoms with Crippen LogP contribution in [0, 0.1) is 12.8 Å². The van der Waals surface area contributed by atoms with E-state index < -0.39 is 12.0 Å². The smallest absolute Gasteiger partial charge is 0.326 e. The number of aryl methyl sites for hydroxylation is 1. The largest absolute Gasteiger partial charge is 0.480 e. The summed E-state index contributed by atoms with van der Waals surface area (Å²) in [6.07, 6.45) is 11.5. The van der Waals surface area contributed by atoms with Crippen molar-refractivity contribution in [2.45, 2.75) is 77.0 Å². The maximum atomic E-state index is 13.4. The minimum Gasteiger partial charge on any atom is -0.480 e. The number of nitrogens with zero attached hydrogens (tertiary/aromatic N) is 1. The monoisotopic (exact) mass is 552 g/mol. The number of piperidine rings is 1. The Morgan fingerprint density at radius 3 is 2.62 bits per heavy atom. The molecule has 1 aliphatic carbocycles. The first-order chi connectivity index (χ1) is 18.9. The first-order valence-corrected chi connectivity index (χ1v) is 15.9. The summed E-state index contributed by atoms with van der Waals surface area (Å²) >= 11 is 1.57. The number of carboxylic acids is 1. The lowest BCUT2D eigenvalue weighted by Gasteiger charge is -2.34. The normalized spacial score (nSPS) is 19.5. The summed E-state index contributed by atoms with van der Waals surface area (Å²) in [5.41, 5.74) is 4.58. The number of hydrogen-bond acceptors (Lipinski definition) is 5. The SMILES string of the molecule is CSCCC(NC(=O)c1ccc(CN2CCCC(OCC3CCCCC3)C2)cc1-c1ccccc1C)C(=O)O. The van der Waals surface area contributed by atoms with Gasteiger partial charge in [0.05, 0.1) is 6.10 Å². The van der Waals surface area contributed by atoms with Crippen molar-refractivity contribution < 1.29 is 19.4 Å². The molecule has 1 saturated carbocycles. The predicted molar refractivity (Wildman–Crippen MR) is 159 cm³/mol. The number of benzene rings is 2. The number of likely N-dealkylation sites (tertiary alicyclic amines) is 1. The standard InChI is InChI=1S/C32H44N2O4S/c1-23-9-6-7-13-27(23)29-19-25(14-15-28(29)31(35)33-30(32(36)37)16-18-39-2)20-34-17-8-12-26(21-34)38-22-24-10-4-3-5-11-24/h6-7,9,13-15,19,24,26,30H,3-5,8,10-12,16-18,20-22H2,1-2H3,(H,33,35)(H,36,37). The van der Waals surface area contributed by atoms with Gasteiger partial charge < -0.3 is 15.2 Å². The van der Waals surface area contributed by atoms with Gasteiger partial charge >= 0.3 is 5.97 Å². The third-order valence-corrected chi connectivity index (χ3v) is 8.78. The minimum atomic E-state index is -1.00. The van der Waals surface area contributed by atoms with Crippen molar-refractivity contribution in [1.29, 1.82) is 0 Å². The Balaban J connectivity index is 1.48. The number of amides is 1. The van der Waals surface area contributed by atoms with Crippen molar-refractivity contribution in [3.05, 3.63) is 59.2 Å². The van der Waals surface area contributed by atoms with Crippen molar-refractivity contribution in [3.63, 3.8) is 0 Å². The summed E-state index contributed by atoms with van der Waals surface area (Å²) in [7, 11) is 0. The molecule has 212 valence electrons. The van der Waals surface area contributed by atoms with Gasteiger partial charge in [-0.3, -0.25) is 9.69 Å². The Labute approximate surface area is 237 Å². The molecule has 1 saturated heterocycles. The van der Waals surface area contributed by atoms with E-state index in [1.165, 1.54) is 32.1 Å². The van der Waals surface area contributed by atoms with Crippen molar-refractivity contribution in [2.24, 2.45) is 5.92 Å². The van der Waals surface area contributed by atoms with Crippen LogP contribution in [0.3, 0.4) is 0 Å².